The standard InChI is InChI=1S/C28H38N2O2/c1-8-25-22-28(32-21-13-19-30(5,6)7)26(17-16-24-14-10-9-11-15-24)23-27(25)31-20-12-18-29(2,3)4/h1,9-11,14-15,22-23H,12-13,18-21H2,2-7H3/q+2. The zero-order valence-electron chi connectivity index (χ0n) is 20.6. The van der Waals surface area contributed by atoms with Gasteiger partial charge in [-0.2, -0.15) is 0 Å². The first kappa shape index (κ1) is 25.3. The van der Waals surface area contributed by atoms with E-state index in [2.05, 4.69) is 60.0 Å². The summed E-state index contributed by atoms with van der Waals surface area (Å²) in [5, 5.41) is 0. The predicted molar refractivity (Wildman–Crippen MR) is 133 cm³/mol. The number of quaternary nitrogens is 2. The molecule has 0 fully saturated rings. The molecule has 0 saturated heterocycles. The molecule has 0 aromatic heterocycles. The molecular formula is C28H38N2O2+2. The van der Waals surface area contributed by atoms with E-state index in [1.165, 1.54) is 0 Å². The van der Waals surface area contributed by atoms with Gasteiger partial charge in [-0.3, -0.25) is 0 Å². The first-order valence-electron chi connectivity index (χ1n) is 11.2. The minimum Gasteiger partial charge on any atom is -0.492 e. The van der Waals surface area contributed by atoms with Crippen LogP contribution in [-0.2, 0) is 0 Å². The largest absolute Gasteiger partial charge is 0.492 e. The lowest BCUT2D eigenvalue weighted by Crippen LogP contribution is -2.36. The van der Waals surface area contributed by atoms with E-state index in [1.807, 2.05) is 42.5 Å². The van der Waals surface area contributed by atoms with Gasteiger partial charge >= 0.3 is 0 Å². The summed E-state index contributed by atoms with van der Waals surface area (Å²) in [4.78, 5) is 0. The average molecular weight is 435 g/mol. The summed E-state index contributed by atoms with van der Waals surface area (Å²) in [5.41, 5.74) is 2.44. The number of benzene rings is 2. The topological polar surface area (TPSA) is 18.5 Å². The van der Waals surface area contributed by atoms with E-state index in [1.54, 1.807) is 0 Å². The van der Waals surface area contributed by atoms with E-state index in [-0.39, 0.29) is 0 Å². The van der Waals surface area contributed by atoms with Crippen LogP contribution in [0.3, 0.4) is 0 Å². The molecule has 0 aliphatic rings. The highest BCUT2D eigenvalue weighted by molar-refractivity contribution is 5.59. The predicted octanol–water partition coefficient (Wildman–Crippen LogP) is 4.02. The first-order valence-corrected chi connectivity index (χ1v) is 11.2. The van der Waals surface area contributed by atoms with Crippen LogP contribution in [0.25, 0.3) is 0 Å². The van der Waals surface area contributed by atoms with E-state index in [9.17, 15) is 0 Å². The number of nitrogens with zero attached hydrogens (tertiary/aromatic N) is 2. The van der Waals surface area contributed by atoms with E-state index >= 15 is 0 Å². The number of terminal acetylenes is 1. The zero-order valence-corrected chi connectivity index (χ0v) is 20.6. The first-order chi connectivity index (χ1) is 15.1. The Kier molecular flexibility index (Phi) is 9.21. The Hall–Kier alpha value is -2.92. The van der Waals surface area contributed by atoms with Crippen molar-refractivity contribution in [1.29, 1.82) is 0 Å². The number of ether oxygens (including phenoxy) is 2. The molecule has 0 saturated carbocycles. The van der Waals surface area contributed by atoms with Gasteiger partial charge in [0.25, 0.3) is 0 Å². The molecule has 0 unspecified atom stereocenters. The molecule has 0 bridgehead atoms. The van der Waals surface area contributed by atoms with Crippen molar-refractivity contribution in [1.82, 2.24) is 0 Å². The average Bonchev–Trinajstić information content (AvgIpc) is 2.72. The Labute approximate surface area is 194 Å². The van der Waals surface area contributed by atoms with E-state index in [4.69, 9.17) is 15.9 Å². The van der Waals surface area contributed by atoms with Crippen LogP contribution in [0, 0.1) is 24.2 Å². The van der Waals surface area contributed by atoms with Gasteiger partial charge in [-0.25, -0.2) is 0 Å². The Morgan fingerprint density at radius 2 is 1.22 bits per heavy atom. The quantitative estimate of drug-likeness (QED) is 0.319. The maximum atomic E-state index is 6.12. The second-order valence-electron chi connectivity index (χ2n) is 10.0. The maximum Gasteiger partial charge on any atom is 0.136 e. The van der Waals surface area contributed by atoms with Crippen LogP contribution >= 0.6 is 0 Å². The molecule has 0 radical (unpaired) electrons. The summed E-state index contributed by atoms with van der Waals surface area (Å²) >= 11 is 0. The summed E-state index contributed by atoms with van der Waals surface area (Å²) in [6.45, 7) is 3.28. The Bertz CT molecular complexity index is 965. The SMILES string of the molecule is C#Cc1cc(OCCC[N+](C)(C)C)c(C#Cc2ccccc2)cc1OCCC[N+](C)(C)C. The second-order valence-corrected chi connectivity index (χ2v) is 10.0. The third-order valence-corrected chi connectivity index (χ3v) is 4.81. The van der Waals surface area contributed by atoms with Crippen LogP contribution in [0.2, 0.25) is 0 Å². The van der Waals surface area contributed by atoms with Gasteiger partial charge in [-0.05, 0) is 12.1 Å². The van der Waals surface area contributed by atoms with Crippen molar-refractivity contribution in [3.63, 3.8) is 0 Å². The molecule has 2 aromatic carbocycles. The van der Waals surface area contributed by atoms with Gasteiger partial charge in [-0.1, -0.05) is 36.0 Å². The van der Waals surface area contributed by atoms with Gasteiger partial charge in [0.05, 0.1) is 79.7 Å². The minimum absolute atomic E-state index is 0.611. The molecule has 0 atom stereocenters. The fraction of sp³-hybridized carbons (Fsp3) is 0.429. The van der Waals surface area contributed by atoms with Crippen molar-refractivity contribution in [3.05, 3.63) is 59.2 Å². The van der Waals surface area contributed by atoms with Crippen molar-refractivity contribution < 1.29 is 18.4 Å². The van der Waals surface area contributed by atoms with Crippen LogP contribution in [-0.4, -0.2) is 77.6 Å². The van der Waals surface area contributed by atoms with Gasteiger partial charge in [0.2, 0.25) is 0 Å². The van der Waals surface area contributed by atoms with Crippen molar-refractivity contribution >= 4 is 0 Å². The summed E-state index contributed by atoms with van der Waals surface area (Å²) < 4.78 is 14.0. The number of hydrogen-bond acceptors (Lipinski definition) is 2. The second kappa shape index (κ2) is 11.6. The minimum atomic E-state index is 0.611. The maximum absolute atomic E-state index is 6.12. The van der Waals surface area contributed by atoms with Crippen LogP contribution in [0.15, 0.2) is 42.5 Å². The normalized spacial score (nSPS) is 11.3. The third-order valence-electron chi connectivity index (χ3n) is 4.81. The summed E-state index contributed by atoms with van der Waals surface area (Å²) in [6, 6.07) is 13.7. The molecule has 170 valence electrons. The summed E-state index contributed by atoms with van der Waals surface area (Å²) in [5.74, 6) is 10.6. The highest BCUT2D eigenvalue weighted by atomic mass is 16.5. The van der Waals surface area contributed by atoms with Gasteiger partial charge < -0.3 is 18.4 Å². The van der Waals surface area contributed by atoms with Crippen LogP contribution in [0.5, 0.6) is 11.5 Å². The van der Waals surface area contributed by atoms with Crippen molar-refractivity contribution in [2.24, 2.45) is 0 Å². The highest BCUT2D eigenvalue weighted by Gasteiger charge is 2.13. The summed E-state index contributed by atoms with van der Waals surface area (Å²) in [7, 11) is 13.1. The van der Waals surface area contributed by atoms with Gasteiger partial charge in [0, 0.05) is 30.5 Å². The molecule has 32 heavy (non-hydrogen) atoms. The molecule has 0 heterocycles. The molecule has 0 amide bonds. The Morgan fingerprint density at radius 1 is 0.719 bits per heavy atom. The van der Waals surface area contributed by atoms with E-state index in [0.717, 1.165) is 46.0 Å². The van der Waals surface area contributed by atoms with E-state index in [0.29, 0.717) is 30.3 Å². The van der Waals surface area contributed by atoms with Crippen LogP contribution in [0.4, 0.5) is 0 Å². The molecule has 0 aliphatic heterocycles. The van der Waals surface area contributed by atoms with Gasteiger partial charge in [0.15, 0.2) is 0 Å². The molecule has 2 rings (SSSR count). The van der Waals surface area contributed by atoms with E-state index < -0.39 is 0 Å². The number of hydrogen-bond donors (Lipinski definition) is 0. The smallest absolute Gasteiger partial charge is 0.136 e. The van der Waals surface area contributed by atoms with Crippen LogP contribution < -0.4 is 9.47 Å². The molecule has 2 aromatic rings. The monoisotopic (exact) mass is 434 g/mol. The molecule has 4 heteroatoms. The summed E-state index contributed by atoms with van der Waals surface area (Å²) in [6.07, 6.45) is 7.69. The molecular weight excluding hydrogens is 396 g/mol. The lowest BCUT2D eigenvalue weighted by Gasteiger charge is -2.24. The van der Waals surface area contributed by atoms with Crippen molar-refractivity contribution in [2.45, 2.75) is 12.8 Å². The van der Waals surface area contributed by atoms with Crippen LogP contribution in [0.1, 0.15) is 29.5 Å². The Morgan fingerprint density at radius 3 is 1.72 bits per heavy atom. The lowest BCUT2D eigenvalue weighted by atomic mass is 10.1. The van der Waals surface area contributed by atoms with Gasteiger partial charge in [0.1, 0.15) is 11.5 Å². The molecule has 0 N–H and O–H groups in total. The van der Waals surface area contributed by atoms with Gasteiger partial charge in [-0.15, -0.1) is 6.42 Å². The Balaban J connectivity index is 2.24. The van der Waals surface area contributed by atoms with Crippen molar-refractivity contribution in [2.75, 3.05) is 68.6 Å². The highest BCUT2D eigenvalue weighted by Crippen LogP contribution is 2.29. The molecule has 4 nitrogen and oxygen atoms in total. The molecule has 0 aliphatic carbocycles. The molecule has 0 spiro atoms. The zero-order chi connectivity index (χ0) is 23.6. The fourth-order valence-corrected chi connectivity index (χ4v) is 3.11. The fourth-order valence-electron chi connectivity index (χ4n) is 3.11. The third kappa shape index (κ3) is 9.48. The number of rotatable bonds is 10. The lowest BCUT2D eigenvalue weighted by molar-refractivity contribution is -0.870. The van der Waals surface area contributed by atoms with Crippen molar-refractivity contribution in [3.8, 4) is 35.7 Å².